The molecule has 0 fully saturated rings. The number of hydrogen-bond acceptors (Lipinski definition) is 3. The molecule has 1 aromatic carbocycles. The second-order valence-corrected chi connectivity index (χ2v) is 6.31. The van der Waals surface area contributed by atoms with Crippen LogP contribution in [0.4, 0.5) is 18.9 Å². The van der Waals surface area contributed by atoms with E-state index in [0.29, 0.717) is 17.0 Å². The van der Waals surface area contributed by atoms with Crippen molar-refractivity contribution >= 4 is 5.69 Å². The van der Waals surface area contributed by atoms with Crippen LogP contribution in [0.1, 0.15) is 22.5 Å². The number of halogens is 3. The highest BCUT2D eigenvalue weighted by Gasteiger charge is 2.36. The van der Waals surface area contributed by atoms with E-state index in [-0.39, 0.29) is 12.2 Å². The molecule has 0 aliphatic heterocycles. The molecule has 0 saturated heterocycles. The van der Waals surface area contributed by atoms with Gasteiger partial charge in [0.1, 0.15) is 0 Å². The number of alkyl halides is 3. The molecule has 142 valence electrons. The van der Waals surface area contributed by atoms with Gasteiger partial charge in [0.05, 0.1) is 36.3 Å². The molecule has 0 spiro atoms. The number of aromatic nitrogens is 3. The van der Waals surface area contributed by atoms with Crippen LogP contribution >= 0.6 is 0 Å². The third-order valence-electron chi connectivity index (χ3n) is 4.16. The average molecular weight is 384 g/mol. The first kappa shape index (κ1) is 19.3. The minimum atomic E-state index is -4.82. The molecule has 3 aromatic rings. The first-order valence-corrected chi connectivity index (χ1v) is 8.27. The lowest BCUT2D eigenvalue weighted by Crippen LogP contribution is -2.25. The van der Waals surface area contributed by atoms with Crippen LogP contribution in [-0.4, -0.2) is 14.5 Å². The topological polar surface area (TPSA) is 52.1 Å². The monoisotopic (exact) mass is 384 g/mol. The van der Waals surface area contributed by atoms with Gasteiger partial charge in [0, 0.05) is 11.9 Å². The third kappa shape index (κ3) is 3.78. The maximum absolute atomic E-state index is 13.5. The second-order valence-electron chi connectivity index (χ2n) is 6.31. The van der Waals surface area contributed by atoms with E-state index in [2.05, 4.69) is 14.8 Å². The predicted molar refractivity (Wildman–Crippen MR) is 98.0 cm³/mol. The van der Waals surface area contributed by atoms with E-state index in [4.69, 9.17) is 6.57 Å². The lowest BCUT2D eigenvalue weighted by molar-refractivity contribution is -0.136. The quantitative estimate of drug-likeness (QED) is 0.623. The van der Waals surface area contributed by atoms with Crippen LogP contribution in [0.3, 0.4) is 0 Å². The minimum absolute atomic E-state index is 0.0656. The van der Waals surface area contributed by atoms with E-state index in [0.717, 1.165) is 16.2 Å². The van der Waals surface area contributed by atoms with Gasteiger partial charge in [-0.25, -0.2) is 4.85 Å². The summed E-state index contributed by atoms with van der Waals surface area (Å²) in [5, 5.41) is 0. The summed E-state index contributed by atoms with van der Waals surface area (Å²) >= 11 is 0. The number of hydrogen-bond donors (Lipinski definition) is 0. The molecule has 0 bridgehead atoms. The molecule has 0 atom stereocenters. The normalized spacial score (nSPS) is 11.3. The molecule has 2 aromatic heterocycles. The first-order valence-electron chi connectivity index (χ1n) is 8.27. The SMILES string of the molecule is [C-]#[N+]c1c(C(F)(F)F)cc(-c2cccc(C)c2)n(Cc2cnc(C)cn2)c1=O. The molecule has 8 heteroatoms. The summed E-state index contributed by atoms with van der Waals surface area (Å²) < 4.78 is 41.6. The number of rotatable bonds is 3. The molecule has 0 radical (unpaired) electrons. The maximum atomic E-state index is 13.5. The molecular formula is C20H15F3N4O. The molecule has 0 N–H and O–H groups in total. The van der Waals surface area contributed by atoms with E-state index in [9.17, 15) is 18.0 Å². The Bertz CT molecular complexity index is 1130. The zero-order valence-electron chi connectivity index (χ0n) is 15.1. The zero-order valence-corrected chi connectivity index (χ0v) is 15.1. The summed E-state index contributed by atoms with van der Waals surface area (Å²) in [4.78, 5) is 24.0. The predicted octanol–water partition coefficient (Wildman–Crippen LogP) is 4.54. The average Bonchev–Trinajstić information content (AvgIpc) is 2.63. The highest BCUT2D eigenvalue weighted by atomic mass is 19.4. The summed E-state index contributed by atoms with van der Waals surface area (Å²) in [6, 6.07) is 7.66. The Labute approximate surface area is 158 Å². The van der Waals surface area contributed by atoms with Gasteiger partial charge in [-0.2, -0.15) is 13.2 Å². The zero-order chi connectivity index (χ0) is 20.5. The van der Waals surface area contributed by atoms with Crippen molar-refractivity contribution in [3.05, 3.63) is 87.0 Å². The minimum Gasteiger partial charge on any atom is -0.311 e. The first-order chi connectivity index (χ1) is 13.2. The molecule has 2 heterocycles. The van der Waals surface area contributed by atoms with Gasteiger partial charge in [0.15, 0.2) is 0 Å². The van der Waals surface area contributed by atoms with Crippen molar-refractivity contribution in [2.75, 3.05) is 0 Å². The van der Waals surface area contributed by atoms with Gasteiger partial charge in [0.25, 0.3) is 11.2 Å². The van der Waals surface area contributed by atoms with Crippen LogP contribution in [0, 0.1) is 20.4 Å². The molecule has 0 aliphatic rings. The van der Waals surface area contributed by atoms with Gasteiger partial charge in [-0.05, 0) is 31.5 Å². The van der Waals surface area contributed by atoms with Crippen molar-refractivity contribution in [3.63, 3.8) is 0 Å². The highest BCUT2D eigenvalue weighted by molar-refractivity contribution is 5.66. The lowest BCUT2D eigenvalue weighted by Gasteiger charge is -2.18. The molecule has 0 aliphatic carbocycles. The Balaban J connectivity index is 2.31. The van der Waals surface area contributed by atoms with Crippen molar-refractivity contribution in [2.45, 2.75) is 26.6 Å². The molecule has 0 unspecified atom stereocenters. The van der Waals surface area contributed by atoms with Crippen molar-refractivity contribution < 1.29 is 13.2 Å². The van der Waals surface area contributed by atoms with E-state index in [1.807, 2.05) is 0 Å². The van der Waals surface area contributed by atoms with Crippen LogP contribution in [-0.2, 0) is 12.7 Å². The van der Waals surface area contributed by atoms with E-state index < -0.39 is 23.0 Å². The fourth-order valence-electron chi connectivity index (χ4n) is 2.82. The Morgan fingerprint density at radius 2 is 1.89 bits per heavy atom. The molecular weight excluding hydrogens is 369 g/mol. The molecule has 0 saturated carbocycles. The summed E-state index contributed by atoms with van der Waals surface area (Å²) in [7, 11) is 0. The van der Waals surface area contributed by atoms with Gasteiger partial charge in [-0.1, -0.05) is 23.8 Å². The smallest absolute Gasteiger partial charge is 0.311 e. The largest absolute Gasteiger partial charge is 0.407 e. The summed E-state index contributed by atoms with van der Waals surface area (Å²) in [5.74, 6) is 0. The lowest BCUT2D eigenvalue weighted by atomic mass is 10.0. The second kappa shape index (κ2) is 7.27. The summed E-state index contributed by atoms with van der Waals surface area (Å²) in [6.45, 7) is 10.5. The van der Waals surface area contributed by atoms with Crippen molar-refractivity contribution in [3.8, 4) is 11.3 Å². The van der Waals surface area contributed by atoms with Crippen molar-refractivity contribution in [2.24, 2.45) is 0 Å². The van der Waals surface area contributed by atoms with Gasteiger partial charge in [0.2, 0.25) is 0 Å². The molecule has 5 nitrogen and oxygen atoms in total. The standard InChI is InChI=1S/C20H15F3N4O/c1-12-5-4-6-14(7-12)17-8-16(20(21,22)23)18(24-3)19(28)27(17)11-15-10-25-13(2)9-26-15/h4-10H,11H2,1-2H3. The highest BCUT2D eigenvalue weighted by Crippen LogP contribution is 2.37. The van der Waals surface area contributed by atoms with Gasteiger partial charge >= 0.3 is 6.18 Å². The van der Waals surface area contributed by atoms with Crippen LogP contribution in [0.15, 0.2) is 47.5 Å². The Morgan fingerprint density at radius 3 is 2.46 bits per heavy atom. The molecule has 3 rings (SSSR count). The third-order valence-corrected chi connectivity index (χ3v) is 4.16. The van der Waals surface area contributed by atoms with Gasteiger partial charge in [-0.15, -0.1) is 0 Å². The fraction of sp³-hybridized carbons (Fsp3) is 0.200. The van der Waals surface area contributed by atoms with Crippen molar-refractivity contribution in [1.82, 2.24) is 14.5 Å². The maximum Gasteiger partial charge on any atom is 0.407 e. The number of nitrogens with zero attached hydrogens (tertiary/aromatic N) is 4. The van der Waals surface area contributed by atoms with Crippen LogP contribution in [0.5, 0.6) is 0 Å². The Morgan fingerprint density at radius 1 is 1.14 bits per heavy atom. The van der Waals surface area contributed by atoms with Crippen LogP contribution < -0.4 is 5.56 Å². The number of benzene rings is 1. The Kier molecular flexibility index (Phi) is 5.01. The Hall–Kier alpha value is -3.47. The molecule has 0 amide bonds. The number of pyridine rings is 1. The van der Waals surface area contributed by atoms with E-state index >= 15 is 0 Å². The summed E-state index contributed by atoms with van der Waals surface area (Å²) in [6.07, 6.45) is -1.86. The summed E-state index contributed by atoms with van der Waals surface area (Å²) in [5.41, 5.74) is -0.797. The van der Waals surface area contributed by atoms with E-state index in [1.54, 1.807) is 38.1 Å². The van der Waals surface area contributed by atoms with E-state index in [1.165, 1.54) is 12.4 Å². The van der Waals surface area contributed by atoms with Gasteiger partial charge in [-0.3, -0.25) is 14.8 Å². The fourth-order valence-corrected chi connectivity index (χ4v) is 2.82. The molecule has 28 heavy (non-hydrogen) atoms. The van der Waals surface area contributed by atoms with Crippen LogP contribution in [0.25, 0.3) is 16.1 Å². The van der Waals surface area contributed by atoms with Crippen molar-refractivity contribution in [1.29, 1.82) is 0 Å². The number of aryl methyl sites for hydroxylation is 2. The van der Waals surface area contributed by atoms with Gasteiger partial charge < -0.3 is 4.57 Å². The van der Waals surface area contributed by atoms with Crippen LogP contribution in [0.2, 0.25) is 0 Å².